The maximum atomic E-state index is 2.63. The molecular weight excluding hydrogens is 318 g/mol. The molecule has 3 heterocycles. The molecule has 3 heteroatoms. The van der Waals surface area contributed by atoms with Crippen LogP contribution in [0.2, 0.25) is 0 Å². The first-order chi connectivity index (χ1) is 12.8. The van der Waals surface area contributed by atoms with Crippen LogP contribution >= 0.6 is 0 Å². The number of benzene rings is 2. The first-order valence-electron chi connectivity index (χ1n) is 9.62. The third kappa shape index (κ3) is 2.50. The fourth-order valence-electron chi connectivity index (χ4n) is 4.76. The van der Waals surface area contributed by atoms with E-state index in [4.69, 9.17) is 0 Å². The smallest absolute Gasteiger partial charge is 0.0808 e. The number of rotatable bonds is 2. The Hall–Kier alpha value is -2.68. The van der Waals surface area contributed by atoms with E-state index in [0.29, 0.717) is 6.04 Å². The Bertz CT molecular complexity index is 899. The largest absolute Gasteiger partial charge is 0.361 e. The molecule has 2 aliphatic rings. The van der Waals surface area contributed by atoms with Gasteiger partial charge >= 0.3 is 0 Å². The van der Waals surface area contributed by atoms with Crippen molar-refractivity contribution in [1.29, 1.82) is 0 Å². The summed E-state index contributed by atoms with van der Waals surface area (Å²) in [5, 5.41) is 2.29. The van der Waals surface area contributed by atoms with Crippen LogP contribution in [-0.4, -0.2) is 18.3 Å². The molecule has 0 spiro atoms. The highest BCUT2D eigenvalue weighted by Crippen LogP contribution is 2.44. The van der Waals surface area contributed by atoms with Gasteiger partial charge in [-0.15, -0.1) is 0 Å². The van der Waals surface area contributed by atoms with Gasteiger partial charge in [0.2, 0.25) is 0 Å². The summed E-state index contributed by atoms with van der Waals surface area (Å²) in [6, 6.07) is 24.7. The Kier molecular flexibility index (Phi) is 3.74. The molecule has 132 valence electrons. The van der Waals surface area contributed by atoms with Crippen molar-refractivity contribution in [2.75, 3.05) is 23.5 Å². The second-order valence-electron chi connectivity index (χ2n) is 7.58. The van der Waals surface area contributed by atoms with E-state index in [1.54, 1.807) is 0 Å². The lowest BCUT2D eigenvalue weighted by Crippen LogP contribution is -2.37. The molecule has 1 fully saturated rings. The standard InChI is InChI=1S/C23H25N3/c1-24-20-10-5-6-11-21(20)25-15-13-19(16-18-8-3-2-4-9-18)17-23(25)22-12-7-14-26(22)24/h2-12,14,19,23H,13,15-17H2,1H3. The molecule has 3 aromatic rings. The molecule has 2 aromatic carbocycles. The maximum Gasteiger partial charge on any atom is 0.0808 e. The van der Waals surface area contributed by atoms with Crippen molar-refractivity contribution in [3.63, 3.8) is 0 Å². The van der Waals surface area contributed by atoms with Crippen LogP contribution in [0, 0.1) is 5.92 Å². The lowest BCUT2D eigenvalue weighted by Gasteiger charge is -2.40. The number of aromatic nitrogens is 1. The van der Waals surface area contributed by atoms with E-state index in [1.807, 2.05) is 0 Å². The molecule has 3 nitrogen and oxygen atoms in total. The molecular formula is C23H25N3. The van der Waals surface area contributed by atoms with E-state index >= 15 is 0 Å². The van der Waals surface area contributed by atoms with Crippen molar-refractivity contribution in [2.45, 2.75) is 25.3 Å². The average molecular weight is 343 g/mol. The molecule has 1 aromatic heterocycles. The Labute approximate surface area is 155 Å². The quantitative estimate of drug-likeness (QED) is 0.655. The summed E-state index contributed by atoms with van der Waals surface area (Å²) in [5.74, 6) is 0.734. The summed E-state index contributed by atoms with van der Waals surface area (Å²) < 4.78 is 2.33. The molecule has 0 saturated carbocycles. The van der Waals surface area contributed by atoms with Crippen molar-refractivity contribution in [3.05, 3.63) is 84.2 Å². The van der Waals surface area contributed by atoms with Gasteiger partial charge in [0.15, 0.2) is 0 Å². The zero-order chi connectivity index (χ0) is 17.5. The van der Waals surface area contributed by atoms with Crippen molar-refractivity contribution in [2.24, 2.45) is 5.92 Å². The van der Waals surface area contributed by atoms with Gasteiger partial charge in [0.25, 0.3) is 0 Å². The summed E-state index contributed by atoms with van der Waals surface area (Å²) in [6.07, 6.45) is 5.84. The Balaban J connectivity index is 1.51. The van der Waals surface area contributed by atoms with Crippen LogP contribution in [0.3, 0.4) is 0 Å². The number of hydrogen-bond acceptors (Lipinski definition) is 2. The van der Waals surface area contributed by atoms with Crippen LogP contribution in [0.4, 0.5) is 11.4 Å². The minimum Gasteiger partial charge on any atom is -0.361 e. The van der Waals surface area contributed by atoms with E-state index in [1.165, 1.54) is 41.9 Å². The Morgan fingerprint density at radius 1 is 0.885 bits per heavy atom. The molecule has 2 atom stereocenters. The minimum absolute atomic E-state index is 0.443. The molecule has 0 N–H and O–H groups in total. The second-order valence-corrected chi connectivity index (χ2v) is 7.58. The molecule has 0 bridgehead atoms. The monoisotopic (exact) mass is 343 g/mol. The van der Waals surface area contributed by atoms with Gasteiger partial charge in [-0.1, -0.05) is 42.5 Å². The van der Waals surface area contributed by atoms with E-state index in [9.17, 15) is 0 Å². The fourth-order valence-corrected chi connectivity index (χ4v) is 4.76. The van der Waals surface area contributed by atoms with Gasteiger partial charge in [0, 0.05) is 19.8 Å². The topological polar surface area (TPSA) is 11.4 Å². The van der Waals surface area contributed by atoms with E-state index in [0.717, 1.165) is 12.5 Å². The number of piperidine rings is 1. The van der Waals surface area contributed by atoms with Crippen LogP contribution in [-0.2, 0) is 6.42 Å². The predicted molar refractivity (Wildman–Crippen MR) is 108 cm³/mol. The van der Waals surface area contributed by atoms with E-state index < -0.39 is 0 Å². The van der Waals surface area contributed by atoms with Gasteiger partial charge in [-0.3, -0.25) is 9.69 Å². The van der Waals surface area contributed by atoms with Gasteiger partial charge in [0.05, 0.1) is 23.1 Å². The lowest BCUT2D eigenvalue weighted by molar-refractivity contribution is 0.337. The van der Waals surface area contributed by atoms with Crippen LogP contribution in [0.15, 0.2) is 72.9 Å². The normalized spacial score (nSPS) is 21.6. The SMILES string of the molecule is CN1c2ccccc2N2CCC(Cc3ccccc3)CC2c2cccn21. The average Bonchev–Trinajstić information content (AvgIpc) is 3.15. The first kappa shape index (κ1) is 15.6. The number of fused-ring (bicyclic) bond motifs is 5. The minimum atomic E-state index is 0.443. The van der Waals surface area contributed by atoms with Crippen molar-refractivity contribution in [3.8, 4) is 0 Å². The number of nitrogens with zero attached hydrogens (tertiary/aromatic N) is 3. The summed E-state index contributed by atoms with van der Waals surface area (Å²) in [4.78, 5) is 2.63. The molecule has 2 aliphatic heterocycles. The highest BCUT2D eigenvalue weighted by molar-refractivity contribution is 5.73. The fraction of sp³-hybridized carbons (Fsp3) is 0.304. The maximum absolute atomic E-state index is 2.63. The molecule has 5 rings (SSSR count). The van der Waals surface area contributed by atoms with Gasteiger partial charge < -0.3 is 4.90 Å². The summed E-state index contributed by atoms with van der Waals surface area (Å²) in [7, 11) is 2.17. The molecule has 0 aliphatic carbocycles. The molecule has 0 amide bonds. The lowest BCUT2D eigenvalue weighted by atomic mass is 9.84. The van der Waals surface area contributed by atoms with Crippen LogP contribution in [0.25, 0.3) is 0 Å². The molecule has 0 radical (unpaired) electrons. The second kappa shape index (κ2) is 6.24. The number of hydrogen-bond donors (Lipinski definition) is 0. The van der Waals surface area contributed by atoms with Gasteiger partial charge in [-0.2, -0.15) is 0 Å². The van der Waals surface area contributed by atoms with E-state index in [-0.39, 0.29) is 0 Å². The van der Waals surface area contributed by atoms with Crippen LogP contribution < -0.4 is 9.91 Å². The molecule has 1 saturated heterocycles. The Morgan fingerprint density at radius 2 is 1.65 bits per heavy atom. The number of anilines is 2. The highest BCUT2D eigenvalue weighted by atomic mass is 15.6. The zero-order valence-corrected chi connectivity index (χ0v) is 15.3. The molecule has 26 heavy (non-hydrogen) atoms. The first-order valence-corrected chi connectivity index (χ1v) is 9.62. The van der Waals surface area contributed by atoms with Crippen LogP contribution in [0.1, 0.15) is 30.1 Å². The van der Waals surface area contributed by atoms with Gasteiger partial charge in [-0.25, -0.2) is 0 Å². The zero-order valence-electron chi connectivity index (χ0n) is 15.3. The number of para-hydroxylation sites is 2. The highest BCUT2D eigenvalue weighted by Gasteiger charge is 2.35. The third-order valence-corrected chi connectivity index (χ3v) is 6.04. The van der Waals surface area contributed by atoms with Gasteiger partial charge in [-0.05, 0) is 55.0 Å². The van der Waals surface area contributed by atoms with Crippen molar-refractivity contribution >= 4 is 11.4 Å². The van der Waals surface area contributed by atoms with Crippen molar-refractivity contribution in [1.82, 2.24) is 4.68 Å². The molecule has 2 unspecified atom stereocenters. The Morgan fingerprint density at radius 3 is 2.50 bits per heavy atom. The predicted octanol–water partition coefficient (Wildman–Crippen LogP) is 4.90. The van der Waals surface area contributed by atoms with E-state index in [2.05, 4.69) is 94.6 Å². The van der Waals surface area contributed by atoms with Gasteiger partial charge in [0.1, 0.15) is 0 Å². The summed E-state index contributed by atoms with van der Waals surface area (Å²) >= 11 is 0. The third-order valence-electron chi connectivity index (χ3n) is 6.04. The van der Waals surface area contributed by atoms with Crippen molar-refractivity contribution < 1.29 is 0 Å². The summed E-state index contributed by atoms with van der Waals surface area (Å²) in [6.45, 7) is 1.12. The summed E-state index contributed by atoms with van der Waals surface area (Å²) in [5.41, 5.74) is 5.52. The van der Waals surface area contributed by atoms with Crippen LogP contribution in [0.5, 0.6) is 0 Å².